The Balaban J connectivity index is 2.07. The second-order valence-electron chi connectivity index (χ2n) is 4.66. The first-order valence-electron chi connectivity index (χ1n) is 6.33. The fourth-order valence-corrected chi connectivity index (χ4v) is 2.29. The van der Waals surface area contributed by atoms with Gasteiger partial charge in [0.1, 0.15) is 6.10 Å². The summed E-state index contributed by atoms with van der Waals surface area (Å²) in [5.41, 5.74) is 1.71. The maximum absolute atomic E-state index is 9.70. The van der Waals surface area contributed by atoms with E-state index < -0.39 is 12.2 Å². The average Bonchev–Trinajstić information content (AvgIpc) is 2.47. The molecule has 96 valence electrons. The van der Waals surface area contributed by atoms with E-state index in [1.165, 1.54) is 19.3 Å². The third-order valence-corrected chi connectivity index (χ3v) is 3.39. The van der Waals surface area contributed by atoms with Gasteiger partial charge in [-0.3, -0.25) is 0 Å². The predicted octanol–water partition coefficient (Wildman–Crippen LogP) is 1.59. The zero-order valence-corrected chi connectivity index (χ0v) is 10.3. The maximum Gasteiger partial charge on any atom is 0.170 e. The molecular weight excluding hydrogens is 228 g/mol. The van der Waals surface area contributed by atoms with Crippen molar-refractivity contribution in [3.8, 4) is 6.07 Å². The van der Waals surface area contributed by atoms with Crippen LogP contribution in [0.1, 0.15) is 30.9 Å². The van der Waals surface area contributed by atoms with Crippen molar-refractivity contribution in [3.05, 3.63) is 29.8 Å². The summed E-state index contributed by atoms with van der Waals surface area (Å²) in [6.45, 7) is 2.14. The third-order valence-electron chi connectivity index (χ3n) is 3.39. The zero-order valence-electron chi connectivity index (χ0n) is 10.3. The van der Waals surface area contributed by atoms with Crippen LogP contribution in [0, 0.1) is 11.3 Å². The number of hydrogen-bond donors (Lipinski definition) is 2. The number of nitrogens with zero attached hydrogens (tertiary/aromatic N) is 2. The fraction of sp³-hybridized carbons (Fsp3) is 0.500. The van der Waals surface area contributed by atoms with Crippen LogP contribution in [0.3, 0.4) is 0 Å². The van der Waals surface area contributed by atoms with E-state index in [0.29, 0.717) is 5.56 Å². The van der Waals surface area contributed by atoms with Gasteiger partial charge in [0.15, 0.2) is 6.10 Å². The van der Waals surface area contributed by atoms with Crippen LogP contribution in [0.25, 0.3) is 0 Å². The molecule has 18 heavy (non-hydrogen) atoms. The van der Waals surface area contributed by atoms with Gasteiger partial charge in [0.05, 0.1) is 6.07 Å². The lowest BCUT2D eigenvalue weighted by Gasteiger charge is -2.29. The molecule has 0 aromatic heterocycles. The van der Waals surface area contributed by atoms with E-state index >= 15 is 0 Å². The molecular formula is C14H18N2O2. The SMILES string of the molecule is N#CC(O)C(O)c1ccc(N2CCCCC2)cc1. The molecule has 0 amide bonds. The molecule has 1 aliphatic heterocycles. The highest BCUT2D eigenvalue weighted by atomic mass is 16.3. The molecule has 1 aromatic carbocycles. The predicted molar refractivity (Wildman–Crippen MR) is 69.1 cm³/mol. The molecule has 1 heterocycles. The van der Waals surface area contributed by atoms with Crippen molar-refractivity contribution in [1.82, 2.24) is 0 Å². The number of rotatable bonds is 3. The van der Waals surface area contributed by atoms with Crippen molar-refractivity contribution >= 4 is 5.69 Å². The summed E-state index contributed by atoms with van der Waals surface area (Å²) in [6, 6.07) is 9.06. The molecule has 4 heteroatoms. The van der Waals surface area contributed by atoms with Crippen molar-refractivity contribution in [2.75, 3.05) is 18.0 Å². The van der Waals surface area contributed by atoms with E-state index in [9.17, 15) is 10.2 Å². The molecule has 2 N–H and O–H groups in total. The van der Waals surface area contributed by atoms with Crippen molar-refractivity contribution < 1.29 is 10.2 Å². The summed E-state index contributed by atoms with van der Waals surface area (Å²) in [6.07, 6.45) is 1.23. The van der Waals surface area contributed by atoms with Crippen molar-refractivity contribution in [1.29, 1.82) is 5.26 Å². The van der Waals surface area contributed by atoms with Gasteiger partial charge in [-0.2, -0.15) is 5.26 Å². The van der Waals surface area contributed by atoms with Crippen molar-refractivity contribution in [2.24, 2.45) is 0 Å². The van der Waals surface area contributed by atoms with Gasteiger partial charge in [-0.1, -0.05) is 12.1 Å². The Kier molecular flexibility index (Phi) is 4.19. The van der Waals surface area contributed by atoms with E-state index in [-0.39, 0.29) is 0 Å². The lowest BCUT2D eigenvalue weighted by molar-refractivity contribution is 0.0528. The van der Waals surface area contributed by atoms with Crippen LogP contribution < -0.4 is 4.90 Å². The van der Waals surface area contributed by atoms with Crippen LogP contribution in [0.2, 0.25) is 0 Å². The first kappa shape index (κ1) is 12.9. The Hall–Kier alpha value is -1.57. The van der Waals surface area contributed by atoms with Gasteiger partial charge < -0.3 is 15.1 Å². The molecule has 0 radical (unpaired) electrons. The molecule has 0 bridgehead atoms. The Bertz CT molecular complexity index is 418. The minimum atomic E-state index is -1.37. The molecule has 0 spiro atoms. The Labute approximate surface area is 107 Å². The topological polar surface area (TPSA) is 67.5 Å². The molecule has 2 atom stereocenters. The number of nitriles is 1. The molecule has 1 fully saturated rings. The monoisotopic (exact) mass is 246 g/mol. The Morgan fingerprint density at radius 3 is 2.22 bits per heavy atom. The number of hydrogen-bond acceptors (Lipinski definition) is 4. The van der Waals surface area contributed by atoms with Crippen LogP contribution in [0.15, 0.2) is 24.3 Å². The number of anilines is 1. The molecule has 2 unspecified atom stereocenters. The number of aliphatic hydroxyl groups is 2. The second kappa shape index (κ2) is 5.85. The average molecular weight is 246 g/mol. The van der Waals surface area contributed by atoms with Gasteiger partial charge >= 0.3 is 0 Å². The molecule has 4 nitrogen and oxygen atoms in total. The normalized spacial score (nSPS) is 19.1. The van der Waals surface area contributed by atoms with E-state index in [1.807, 2.05) is 12.1 Å². The summed E-state index contributed by atoms with van der Waals surface area (Å²) in [7, 11) is 0. The van der Waals surface area contributed by atoms with Gasteiger partial charge in [0.25, 0.3) is 0 Å². The summed E-state index contributed by atoms with van der Waals surface area (Å²) >= 11 is 0. The number of piperidine rings is 1. The minimum Gasteiger partial charge on any atom is -0.385 e. The zero-order chi connectivity index (χ0) is 13.0. The van der Waals surface area contributed by atoms with Gasteiger partial charge in [-0.05, 0) is 37.0 Å². The third kappa shape index (κ3) is 2.81. The van der Waals surface area contributed by atoms with E-state index in [0.717, 1.165) is 18.8 Å². The lowest BCUT2D eigenvalue weighted by Crippen LogP contribution is -2.29. The largest absolute Gasteiger partial charge is 0.385 e. The molecule has 1 aromatic rings. The van der Waals surface area contributed by atoms with Gasteiger partial charge in [-0.15, -0.1) is 0 Å². The second-order valence-corrected chi connectivity index (χ2v) is 4.66. The number of benzene rings is 1. The Morgan fingerprint density at radius 2 is 1.67 bits per heavy atom. The fourth-order valence-electron chi connectivity index (χ4n) is 2.29. The standard InChI is InChI=1S/C14H18N2O2/c15-10-13(17)14(18)11-4-6-12(7-5-11)16-8-2-1-3-9-16/h4-7,13-14,17-18H,1-3,8-9H2. The minimum absolute atomic E-state index is 0.574. The van der Waals surface area contributed by atoms with E-state index in [1.54, 1.807) is 18.2 Å². The van der Waals surface area contributed by atoms with Gasteiger partial charge in [0.2, 0.25) is 0 Å². The van der Waals surface area contributed by atoms with Gasteiger partial charge in [0, 0.05) is 18.8 Å². The van der Waals surface area contributed by atoms with Crippen LogP contribution in [0.4, 0.5) is 5.69 Å². The summed E-state index contributed by atoms with van der Waals surface area (Å²) in [5.74, 6) is 0. The smallest absolute Gasteiger partial charge is 0.170 e. The van der Waals surface area contributed by atoms with Crippen LogP contribution in [-0.2, 0) is 0 Å². The first-order chi connectivity index (χ1) is 8.72. The molecule has 0 aliphatic carbocycles. The van der Waals surface area contributed by atoms with Crippen LogP contribution in [-0.4, -0.2) is 29.4 Å². The highest BCUT2D eigenvalue weighted by molar-refractivity contribution is 5.48. The summed E-state index contributed by atoms with van der Waals surface area (Å²) < 4.78 is 0. The summed E-state index contributed by atoms with van der Waals surface area (Å²) in [4.78, 5) is 2.32. The summed E-state index contributed by atoms with van der Waals surface area (Å²) in [5, 5.41) is 27.5. The molecule has 1 aliphatic rings. The van der Waals surface area contributed by atoms with Crippen molar-refractivity contribution in [2.45, 2.75) is 31.5 Å². The van der Waals surface area contributed by atoms with Crippen molar-refractivity contribution in [3.63, 3.8) is 0 Å². The van der Waals surface area contributed by atoms with Gasteiger partial charge in [-0.25, -0.2) is 0 Å². The van der Waals surface area contributed by atoms with Crippen LogP contribution in [0.5, 0.6) is 0 Å². The highest BCUT2D eigenvalue weighted by Gasteiger charge is 2.18. The molecule has 2 rings (SSSR count). The Morgan fingerprint density at radius 1 is 1.06 bits per heavy atom. The van der Waals surface area contributed by atoms with E-state index in [2.05, 4.69) is 4.90 Å². The van der Waals surface area contributed by atoms with E-state index in [4.69, 9.17) is 5.26 Å². The highest BCUT2D eigenvalue weighted by Crippen LogP contribution is 2.23. The molecule has 0 saturated carbocycles. The van der Waals surface area contributed by atoms with Crippen LogP contribution >= 0.6 is 0 Å². The lowest BCUT2D eigenvalue weighted by atomic mass is 10.0. The quantitative estimate of drug-likeness (QED) is 0.795. The molecule has 1 saturated heterocycles. The first-order valence-corrected chi connectivity index (χ1v) is 6.33. The maximum atomic E-state index is 9.70. The number of aliphatic hydroxyl groups excluding tert-OH is 2.